The maximum Gasteiger partial charge on any atom is 0.335 e. The van der Waals surface area contributed by atoms with Crippen LogP contribution in [0.25, 0.3) is 0 Å². The van der Waals surface area contributed by atoms with Gasteiger partial charge in [0, 0.05) is 0 Å². The molecule has 2 heteroatoms. The van der Waals surface area contributed by atoms with Crippen LogP contribution in [0.15, 0.2) is 18.2 Å². The van der Waals surface area contributed by atoms with Crippen molar-refractivity contribution >= 4 is 5.97 Å². The third-order valence-electron chi connectivity index (χ3n) is 3.74. The third kappa shape index (κ3) is 2.36. The monoisotopic (exact) mass is 232 g/mol. The van der Waals surface area contributed by atoms with Gasteiger partial charge in [-0.3, -0.25) is 0 Å². The molecule has 0 spiro atoms. The number of carboxylic acid groups (broad SMARTS) is 1. The van der Waals surface area contributed by atoms with Crippen LogP contribution in [0, 0.1) is 0 Å². The van der Waals surface area contributed by atoms with Gasteiger partial charge in [0.2, 0.25) is 0 Å². The minimum absolute atomic E-state index is 0.00847. The molecule has 1 N–H and O–H groups in total. The van der Waals surface area contributed by atoms with Gasteiger partial charge in [-0.25, -0.2) is 4.79 Å². The number of hydrogen-bond donors (Lipinski definition) is 1. The quantitative estimate of drug-likeness (QED) is 0.843. The van der Waals surface area contributed by atoms with Crippen molar-refractivity contribution in [2.45, 2.75) is 51.4 Å². The van der Waals surface area contributed by atoms with Crippen molar-refractivity contribution < 1.29 is 9.90 Å². The first-order valence-corrected chi connectivity index (χ1v) is 6.12. The highest BCUT2D eigenvalue weighted by Crippen LogP contribution is 2.48. The van der Waals surface area contributed by atoms with Crippen molar-refractivity contribution in [2.75, 3.05) is 0 Å². The van der Waals surface area contributed by atoms with E-state index in [0.717, 1.165) is 5.56 Å². The van der Waals surface area contributed by atoms with Crippen molar-refractivity contribution in [3.8, 4) is 0 Å². The lowest BCUT2D eigenvalue weighted by Gasteiger charge is -2.22. The van der Waals surface area contributed by atoms with E-state index >= 15 is 0 Å². The maximum absolute atomic E-state index is 11.2. The largest absolute Gasteiger partial charge is 0.478 e. The maximum atomic E-state index is 11.2. The Kier molecular flexibility index (Phi) is 2.57. The van der Waals surface area contributed by atoms with Crippen LogP contribution in [-0.2, 0) is 10.8 Å². The predicted molar refractivity (Wildman–Crippen MR) is 68.7 cm³/mol. The van der Waals surface area contributed by atoms with E-state index < -0.39 is 5.97 Å². The average molecular weight is 232 g/mol. The summed E-state index contributed by atoms with van der Waals surface area (Å²) in [4.78, 5) is 11.2. The van der Waals surface area contributed by atoms with Crippen molar-refractivity contribution in [2.24, 2.45) is 0 Å². The molecular weight excluding hydrogens is 212 g/mol. The second-order valence-electron chi connectivity index (χ2n) is 6.41. The molecule has 1 aliphatic rings. The number of hydrogen-bond acceptors (Lipinski definition) is 1. The van der Waals surface area contributed by atoms with Crippen LogP contribution < -0.4 is 0 Å². The summed E-state index contributed by atoms with van der Waals surface area (Å²) in [6.45, 7) is 8.56. The van der Waals surface area contributed by atoms with Crippen LogP contribution in [-0.4, -0.2) is 11.1 Å². The Bertz CT molecular complexity index is 439. The SMILES string of the molecule is CC(C)(C)c1cc(C(=O)O)cc(C2(C)CC2)c1. The Labute approximate surface area is 103 Å². The number of aromatic carboxylic acids is 1. The molecule has 2 rings (SSSR count). The van der Waals surface area contributed by atoms with E-state index in [-0.39, 0.29) is 10.8 Å². The lowest BCUT2D eigenvalue weighted by atomic mass is 9.83. The van der Waals surface area contributed by atoms with Crippen molar-refractivity contribution in [1.29, 1.82) is 0 Å². The van der Waals surface area contributed by atoms with Gasteiger partial charge in [-0.2, -0.15) is 0 Å². The molecule has 1 fully saturated rings. The molecule has 0 unspecified atom stereocenters. The normalized spacial score (nSPS) is 17.9. The second-order valence-corrected chi connectivity index (χ2v) is 6.41. The Morgan fingerprint density at radius 2 is 1.82 bits per heavy atom. The summed E-state index contributed by atoms with van der Waals surface area (Å²) in [6, 6.07) is 5.82. The summed E-state index contributed by atoms with van der Waals surface area (Å²) in [6.07, 6.45) is 2.33. The number of rotatable bonds is 2. The minimum Gasteiger partial charge on any atom is -0.478 e. The molecule has 0 aliphatic heterocycles. The van der Waals surface area contributed by atoms with Crippen molar-refractivity contribution in [1.82, 2.24) is 0 Å². The van der Waals surface area contributed by atoms with Gasteiger partial charge in [0.05, 0.1) is 5.56 Å². The molecule has 0 amide bonds. The lowest BCUT2D eigenvalue weighted by molar-refractivity contribution is 0.0696. The van der Waals surface area contributed by atoms with Crippen LogP contribution in [0.2, 0.25) is 0 Å². The fourth-order valence-electron chi connectivity index (χ4n) is 2.01. The van der Waals surface area contributed by atoms with Gasteiger partial charge in [-0.15, -0.1) is 0 Å². The third-order valence-corrected chi connectivity index (χ3v) is 3.74. The van der Waals surface area contributed by atoms with E-state index in [1.807, 2.05) is 6.07 Å². The zero-order chi connectivity index (χ0) is 12.8. The van der Waals surface area contributed by atoms with Crippen LogP contribution in [0.5, 0.6) is 0 Å². The molecule has 1 aliphatic carbocycles. The Balaban J connectivity index is 2.54. The van der Waals surface area contributed by atoms with E-state index in [1.165, 1.54) is 18.4 Å². The molecule has 0 heterocycles. The predicted octanol–water partition coefficient (Wildman–Crippen LogP) is 3.73. The first-order valence-electron chi connectivity index (χ1n) is 6.12. The molecule has 17 heavy (non-hydrogen) atoms. The van der Waals surface area contributed by atoms with Gasteiger partial charge in [0.1, 0.15) is 0 Å². The summed E-state index contributed by atoms with van der Waals surface area (Å²) in [5, 5.41) is 9.19. The van der Waals surface area contributed by atoms with Gasteiger partial charge >= 0.3 is 5.97 Å². The van der Waals surface area contributed by atoms with Crippen molar-refractivity contribution in [3.63, 3.8) is 0 Å². The summed E-state index contributed by atoms with van der Waals surface area (Å²) >= 11 is 0. The first-order chi connectivity index (χ1) is 7.72. The molecule has 2 nitrogen and oxygen atoms in total. The van der Waals surface area contributed by atoms with E-state index in [9.17, 15) is 9.90 Å². The molecule has 1 aromatic carbocycles. The Morgan fingerprint density at radius 3 is 2.24 bits per heavy atom. The lowest BCUT2D eigenvalue weighted by Crippen LogP contribution is -2.15. The summed E-state index contributed by atoms with van der Waals surface area (Å²) in [5.74, 6) is -0.832. The first kappa shape index (κ1) is 12.2. The fourth-order valence-corrected chi connectivity index (χ4v) is 2.01. The van der Waals surface area contributed by atoms with Gasteiger partial charge in [-0.05, 0) is 46.9 Å². The van der Waals surface area contributed by atoms with Crippen LogP contribution in [0.3, 0.4) is 0 Å². The highest BCUT2D eigenvalue weighted by molar-refractivity contribution is 5.88. The number of carbonyl (C=O) groups is 1. The summed E-state index contributed by atoms with van der Waals surface area (Å²) < 4.78 is 0. The van der Waals surface area contributed by atoms with Crippen LogP contribution >= 0.6 is 0 Å². The van der Waals surface area contributed by atoms with E-state index in [0.29, 0.717) is 5.56 Å². The molecule has 0 atom stereocenters. The highest BCUT2D eigenvalue weighted by Gasteiger charge is 2.39. The summed E-state index contributed by atoms with van der Waals surface area (Å²) in [7, 11) is 0. The van der Waals surface area contributed by atoms with Crippen LogP contribution in [0.4, 0.5) is 0 Å². The van der Waals surface area contributed by atoms with Gasteiger partial charge in [0.15, 0.2) is 0 Å². The Hall–Kier alpha value is -1.31. The zero-order valence-electron chi connectivity index (χ0n) is 11.0. The zero-order valence-corrected chi connectivity index (χ0v) is 11.0. The average Bonchev–Trinajstić information content (AvgIpc) is 2.96. The topological polar surface area (TPSA) is 37.3 Å². The molecule has 92 valence electrons. The minimum atomic E-state index is -0.832. The van der Waals surface area contributed by atoms with Gasteiger partial charge in [-0.1, -0.05) is 33.8 Å². The molecule has 0 bridgehead atoms. The molecule has 0 saturated heterocycles. The second kappa shape index (κ2) is 3.59. The standard InChI is InChI=1S/C15H20O2/c1-14(2,3)11-7-10(13(16)17)8-12(9-11)15(4)5-6-15/h7-9H,5-6H2,1-4H3,(H,16,17). The molecule has 0 radical (unpaired) electrons. The smallest absolute Gasteiger partial charge is 0.335 e. The molecule has 0 aromatic heterocycles. The summed E-state index contributed by atoms with van der Waals surface area (Å²) in [5.41, 5.74) is 2.92. The van der Waals surface area contributed by atoms with E-state index in [1.54, 1.807) is 6.07 Å². The van der Waals surface area contributed by atoms with Crippen molar-refractivity contribution in [3.05, 3.63) is 34.9 Å². The van der Waals surface area contributed by atoms with E-state index in [2.05, 4.69) is 33.8 Å². The molecule has 1 aromatic rings. The highest BCUT2D eigenvalue weighted by atomic mass is 16.4. The van der Waals surface area contributed by atoms with E-state index in [4.69, 9.17) is 0 Å². The molecular formula is C15H20O2. The molecule has 1 saturated carbocycles. The van der Waals surface area contributed by atoms with Gasteiger partial charge in [0.25, 0.3) is 0 Å². The number of benzene rings is 1. The number of carboxylic acids is 1. The Morgan fingerprint density at radius 1 is 1.24 bits per heavy atom. The van der Waals surface area contributed by atoms with Gasteiger partial charge < -0.3 is 5.11 Å². The van der Waals surface area contributed by atoms with Crippen LogP contribution in [0.1, 0.15) is 62.0 Å². The fraction of sp³-hybridized carbons (Fsp3) is 0.533.